The largest absolute Gasteiger partial charge is 0.379 e. The molecule has 0 spiro atoms. The van der Waals surface area contributed by atoms with Crippen molar-refractivity contribution in [1.82, 2.24) is 0 Å². The summed E-state index contributed by atoms with van der Waals surface area (Å²) in [7, 11) is 0. The molecule has 0 bridgehead atoms. The third-order valence-corrected chi connectivity index (χ3v) is 1.50. The van der Waals surface area contributed by atoms with Gasteiger partial charge in [0.1, 0.15) is 0 Å². The summed E-state index contributed by atoms with van der Waals surface area (Å²) in [5, 5.41) is 0. The summed E-state index contributed by atoms with van der Waals surface area (Å²) in [4.78, 5) is 5.15. The lowest BCUT2D eigenvalue weighted by Gasteiger charge is -2.06. The Morgan fingerprint density at radius 1 is 1.15 bits per heavy atom. The molecule has 3 nitrogen and oxygen atoms in total. The van der Waals surface area contributed by atoms with Gasteiger partial charge in [0.25, 0.3) is 0 Å². The summed E-state index contributed by atoms with van der Waals surface area (Å²) in [5.41, 5.74) is 3.78. The molecular formula is C10H15NO2. The van der Waals surface area contributed by atoms with Gasteiger partial charge in [-0.05, 0) is 19.1 Å². The maximum atomic E-state index is 5.15. The van der Waals surface area contributed by atoms with Crippen LogP contribution in [0.2, 0.25) is 0 Å². The lowest BCUT2D eigenvalue weighted by atomic mass is 10.3. The second-order valence-corrected chi connectivity index (χ2v) is 2.51. The van der Waals surface area contributed by atoms with Crippen LogP contribution in [0.15, 0.2) is 30.3 Å². The smallest absolute Gasteiger partial charge is 0.0979 e. The molecule has 1 aromatic carbocycles. The molecule has 0 radical (unpaired) electrons. The van der Waals surface area contributed by atoms with Gasteiger partial charge in [-0.25, -0.2) is 0 Å². The second-order valence-electron chi connectivity index (χ2n) is 2.51. The van der Waals surface area contributed by atoms with Crippen molar-refractivity contribution in [3.63, 3.8) is 0 Å². The Bertz CT molecular complexity index is 213. The Hall–Kier alpha value is -1.06. The molecule has 0 unspecified atom stereocenters. The van der Waals surface area contributed by atoms with E-state index in [1.54, 1.807) is 0 Å². The highest BCUT2D eigenvalue weighted by Gasteiger charge is 1.88. The minimum absolute atomic E-state index is 0.558. The highest BCUT2D eigenvalue weighted by atomic mass is 16.7. The molecule has 0 heterocycles. The monoisotopic (exact) mass is 181 g/mol. The van der Waals surface area contributed by atoms with Gasteiger partial charge >= 0.3 is 0 Å². The Morgan fingerprint density at radius 2 is 1.92 bits per heavy atom. The second kappa shape index (κ2) is 6.46. The SMILES string of the molecule is CCOCCONc1ccccc1. The fourth-order valence-electron chi connectivity index (χ4n) is 0.885. The first kappa shape index (κ1) is 10.0. The van der Waals surface area contributed by atoms with Crippen molar-refractivity contribution in [2.45, 2.75) is 6.92 Å². The van der Waals surface area contributed by atoms with Crippen LogP contribution in [-0.4, -0.2) is 19.8 Å². The third kappa shape index (κ3) is 4.50. The lowest BCUT2D eigenvalue weighted by Crippen LogP contribution is -2.08. The summed E-state index contributed by atoms with van der Waals surface area (Å²) < 4.78 is 5.11. The van der Waals surface area contributed by atoms with Crippen molar-refractivity contribution in [2.75, 3.05) is 25.3 Å². The summed E-state index contributed by atoms with van der Waals surface area (Å²) in [6, 6.07) is 9.76. The van der Waals surface area contributed by atoms with Crippen molar-refractivity contribution in [1.29, 1.82) is 0 Å². The van der Waals surface area contributed by atoms with Gasteiger partial charge in [0, 0.05) is 6.61 Å². The minimum Gasteiger partial charge on any atom is -0.379 e. The predicted molar refractivity (Wildman–Crippen MR) is 52.5 cm³/mol. The molecule has 0 amide bonds. The van der Waals surface area contributed by atoms with Gasteiger partial charge in [-0.3, -0.25) is 10.3 Å². The van der Waals surface area contributed by atoms with Gasteiger partial charge in [0.05, 0.1) is 18.9 Å². The highest BCUT2D eigenvalue weighted by Crippen LogP contribution is 2.03. The van der Waals surface area contributed by atoms with Gasteiger partial charge in [-0.15, -0.1) is 0 Å². The third-order valence-electron chi connectivity index (χ3n) is 1.50. The molecule has 13 heavy (non-hydrogen) atoms. The number of rotatable bonds is 6. The summed E-state index contributed by atoms with van der Waals surface area (Å²) in [6.45, 7) is 3.87. The molecule has 3 heteroatoms. The van der Waals surface area contributed by atoms with E-state index < -0.39 is 0 Å². The van der Waals surface area contributed by atoms with Crippen molar-refractivity contribution < 1.29 is 9.57 Å². The van der Waals surface area contributed by atoms with Crippen LogP contribution in [0.4, 0.5) is 5.69 Å². The molecule has 1 aromatic rings. The van der Waals surface area contributed by atoms with E-state index in [1.165, 1.54) is 0 Å². The summed E-state index contributed by atoms with van der Waals surface area (Å²) in [6.07, 6.45) is 0. The normalized spacial score (nSPS) is 9.92. The maximum Gasteiger partial charge on any atom is 0.0979 e. The molecule has 0 fully saturated rings. The number of para-hydroxylation sites is 1. The zero-order valence-corrected chi connectivity index (χ0v) is 7.82. The molecule has 1 N–H and O–H groups in total. The highest BCUT2D eigenvalue weighted by molar-refractivity contribution is 5.39. The van der Waals surface area contributed by atoms with Crippen molar-refractivity contribution in [3.05, 3.63) is 30.3 Å². The van der Waals surface area contributed by atoms with Gasteiger partial charge < -0.3 is 4.74 Å². The van der Waals surface area contributed by atoms with E-state index >= 15 is 0 Å². The Labute approximate surface area is 78.6 Å². The van der Waals surface area contributed by atoms with Crippen LogP contribution in [0, 0.1) is 0 Å². The average Bonchev–Trinajstić information content (AvgIpc) is 2.19. The van der Waals surface area contributed by atoms with Crippen LogP contribution in [0.5, 0.6) is 0 Å². The first-order valence-corrected chi connectivity index (χ1v) is 4.44. The van der Waals surface area contributed by atoms with E-state index in [2.05, 4.69) is 5.48 Å². The summed E-state index contributed by atoms with van der Waals surface area (Å²) >= 11 is 0. The molecule has 0 aliphatic rings. The molecule has 0 atom stereocenters. The van der Waals surface area contributed by atoms with Gasteiger partial charge in [0.2, 0.25) is 0 Å². The molecule has 1 rings (SSSR count). The fraction of sp³-hybridized carbons (Fsp3) is 0.400. The van der Waals surface area contributed by atoms with E-state index in [1.807, 2.05) is 37.3 Å². The van der Waals surface area contributed by atoms with Crippen LogP contribution in [-0.2, 0) is 9.57 Å². The number of hydrogen-bond acceptors (Lipinski definition) is 3. The van der Waals surface area contributed by atoms with Crippen LogP contribution in [0.25, 0.3) is 0 Å². The molecule has 0 aromatic heterocycles. The van der Waals surface area contributed by atoms with Gasteiger partial charge in [0.15, 0.2) is 0 Å². The Kier molecular flexibility index (Phi) is 4.98. The first-order valence-electron chi connectivity index (χ1n) is 4.44. The number of ether oxygens (including phenoxy) is 1. The van der Waals surface area contributed by atoms with Crippen molar-refractivity contribution in [3.8, 4) is 0 Å². The van der Waals surface area contributed by atoms with Crippen molar-refractivity contribution >= 4 is 5.69 Å². The minimum atomic E-state index is 0.558. The Morgan fingerprint density at radius 3 is 2.62 bits per heavy atom. The standard InChI is InChI=1S/C10H15NO2/c1-2-12-8-9-13-11-10-6-4-3-5-7-10/h3-7,11H,2,8-9H2,1H3. The molecule has 0 saturated heterocycles. The van der Waals surface area contributed by atoms with E-state index in [4.69, 9.17) is 9.57 Å². The first-order chi connectivity index (χ1) is 6.43. The molecule has 0 aliphatic heterocycles. The molecule has 0 aliphatic carbocycles. The fourth-order valence-corrected chi connectivity index (χ4v) is 0.885. The zero-order valence-electron chi connectivity index (χ0n) is 7.82. The van der Waals surface area contributed by atoms with E-state index in [9.17, 15) is 0 Å². The van der Waals surface area contributed by atoms with E-state index in [-0.39, 0.29) is 0 Å². The van der Waals surface area contributed by atoms with Crippen LogP contribution in [0.3, 0.4) is 0 Å². The number of nitrogens with one attached hydrogen (secondary N) is 1. The number of benzene rings is 1. The zero-order chi connectivity index (χ0) is 9.36. The predicted octanol–water partition coefficient (Wildman–Crippen LogP) is 2.07. The van der Waals surface area contributed by atoms with Gasteiger partial charge in [-0.1, -0.05) is 18.2 Å². The molecular weight excluding hydrogens is 166 g/mol. The van der Waals surface area contributed by atoms with E-state index in [0.717, 1.165) is 12.3 Å². The quantitative estimate of drug-likeness (QED) is 0.538. The lowest BCUT2D eigenvalue weighted by molar-refractivity contribution is 0.0764. The number of hydrogen-bond donors (Lipinski definition) is 1. The maximum absolute atomic E-state index is 5.15. The molecule has 0 saturated carbocycles. The van der Waals surface area contributed by atoms with Crippen LogP contribution in [0.1, 0.15) is 6.92 Å². The van der Waals surface area contributed by atoms with E-state index in [0.29, 0.717) is 13.2 Å². The average molecular weight is 181 g/mol. The summed E-state index contributed by atoms with van der Waals surface area (Å²) in [5.74, 6) is 0. The number of anilines is 1. The van der Waals surface area contributed by atoms with Crippen molar-refractivity contribution in [2.24, 2.45) is 0 Å². The molecule has 72 valence electrons. The topological polar surface area (TPSA) is 30.5 Å². The van der Waals surface area contributed by atoms with Crippen LogP contribution >= 0.6 is 0 Å². The van der Waals surface area contributed by atoms with Crippen LogP contribution < -0.4 is 5.48 Å². The Balaban J connectivity index is 2.07. The van der Waals surface area contributed by atoms with Gasteiger partial charge in [-0.2, -0.15) is 0 Å².